The van der Waals surface area contributed by atoms with Gasteiger partial charge in [-0.25, -0.2) is 0 Å². The van der Waals surface area contributed by atoms with Crippen LogP contribution >= 0.6 is 0 Å². The van der Waals surface area contributed by atoms with E-state index in [2.05, 4.69) is 11.4 Å². The fourth-order valence-electron chi connectivity index (χ4n) is 6.34. The van der Waals surface area contributed by atoms with E-state index < -0.39 is 11.5 Å². The molecule has 4 N–H and O–H groups in total. The molecule has 2 aromatic carbocycles. The first-order valence-corrected chi connectivity index (χ1v) is 14.4. The zero-order chi connectivity index (χ0) is 30.8. The number of benzene rings is 2. The number of rotatable bonds is 8. The number of hydrogen-bond donors (Lipinski definition) is 3. The second-order valence-corrected chi connectivity index (χ2v) is 11.8. The predicted octanol–water partition coefficient (Wildman–Crippen LogP) is 2.29. The van der Waals surface area contributed by atoms with E-state index in [1.807, 2.05) is 31.2 Å². The van der Waals surface area contributed by atoms with E-state index in [0.29, 0.717) is 43.4 Å². The highest BCUT2D eigenvalue weighted by Crippen LogP contribution is 2.44. The molecule has 1 aliphatic heterocycles. The zero-order valence-electron chi connectivity index (χ0n) is 25.2. The number of likely N-dealkylation sites (tertiary alicyclic amines) is 1. The van der Waals surface area contributed by atoms with Gasteiger partial charge in [-0.1, -0.05) is 12.1 Å². The van der Waals surface area contributed by atoms with Crippen LogP contribution in [0.15, 0.2) is 36.4 Å². The van der Waals surface area contributed by atoms with Crippen LogP contribution in [-0.4, -0.2) is 91.6 Å². The molecular formula is C32H41N7O3. The molecule has 0 unspecified atom stereocenters. The van der Waals surface area contributed by atoms with E-state index in [4.69, 9.17) is 11.1 Å². The summed E-state index contributed by atoms with van der Waals surface area (Å²) in [5, 5.41) is 21.7. The van der Waals surface area contributed by atoms with Crippen LogP contribution in [0.2, 0.25) is 0 Å². The lowest BCUT2D eigenvalue weighted by atomic mass is 9.67. The van der Waals surface area contributed by atoms with Crippen molar-refractivity contribution in [2.75, 3.05) is 41.3 Å². The van der Waals surface area contributed by atoms with Crippen molar-refractivity contribution in [2.45, 2.75) is 56.5 Å². The number of carbonyl (C=O) groups is 3. The average Bonchev–Trinajstić information content (AvgIpc) is 3.40. The van der Waals surface area contributed by atoms with Crippen LogP contribution in [0.5, 0.6) is 0 Å². The summed E-state index contributed by atoms with van der Waals surface area (Å²) in [5.41, 5.74) is 10.1. The van der Waals surface area contributed by atoms with Gasteiger partial charge in [0.25, 0.3) is 11.8 Å². The lowest BCUT2D eigenvalue weighted by Crippen LogP contribution is -2.49. The van der Waals surface area contributed by atoms with Crippen LogP contribution < -0.4 is 11.1 Å². The van der Waals surface area contributed by atoms with Crippen molar-refractivity contribution in [2.24, 2.45) is 5.73 Å². The molecule has 0 radical (unpaired) electrons. The number of nitrogens with one attached hydrogen (secondary N) is 2. The normalized spacial score (nSPS) is 17.7. The number of amidine groups is 1. The first-order chi connectivity index (χ1) is 19.9. The van der Waals surface area contributed by atoms with E-state index in [1.165, 1.54) is 9.80 Å². The SMILES string of the molecule is C[C@@H](CC1(C(=N)N)c2ccc(C(=O)N(C)C)cc2CCc2cc(C(=O)N(C)C)ccc21)NCC(=O)N1CCC[C@H]1C#N. The summed E-state index contributed by atoms with van der Waals surface area (Å²) in [7, 11) is 6.84. The lowest BCUT2D eigenvalue weighted by Gasteiger charge is -2.38. The van der Waals surface area contributed by atoms with Crippen molar-refractivity contribution < 1.29 is 14.4 Å². The number of hydrogen-bond acceptors (Lipinski definition) is 6. The lowest BCUT2D eigenvalue weighted by molar-refractivity contribution is -0.130. The third kappa shape index (κ3) is 5.74. The summed E-state index contributed by atoms with van der Waals surface area (Å²) in [5.74, 6) is -0.395. The van der Waals surface area contributed by atoms with Crippen LogP contribution in [0.25, 0.3) is 0 Å². The largest absolute Gasteiger partial charge is 0.387 e. The molecule has 3 amide bonds. The van der Waals surface area contributed by atoms with Gasteiger partial charge in [-0.3, -0.25) is 19.8 Å². The summed E-state index contributed by atoms with van der Waals surface area (Å²) in [6.45, 7) is 2.61. The number of aryl methyl sites for hydroxylation is 2. The van der Waals surface area contributed by atoms with Gasteiger partial charge in [0.15, 0.2) is 0 Å². The Kier molecular flexibility index (Phi) is 9.02. The maximum atomic E-state index is 13.0. The third-order valence-electron chi connectivity index (χ3n) is 8.50. The average molecular weight is 572 g/mol. The summed E-state index contributed by atoms with van der Waals surface area (Å²) in [6, 6.07) is 12.7. The van der Waals surface area contributed by atoms with Crippen molar-refractivity contribution in [3.8, 4) is 6.07 Å². The Morgan fingerprint density at radius 2 is 1.57 bits per heavy atom. The highest BCUT2D eigenvalue weighted by atomic mass is 16.2. The van der Waals surface area contributed by atoms with Gasteiger partial charge in [0.1, 0.15) is 11.9 Å². The molecule has 4 rings (SSSR count). The van der Waals surface area contributed by atoms with Crippen LogP contribution in [0.1, 0.15) is 69.2 Å². The van der Waals surface area contributed by atoms with Crippen LogP contribution in [0, 0.1) is 16.7 Å². The predicted molar refractivity (Wildman–Crippen MR) is 161 cm³/mol. The number of nitrogens with zero attached hydrogens (tertiary/aromatic N) is 4. The van der Waals surface area contributed by atoms with E-state index >= 15 is 0 Å². The minimum Gasteiger partial charge on any atom is -0.387 e. The molecule has 10 nitrogen and oxygen atoms in total. The molecule has 0 spiro atoms. The summed E-state index contributed by atoms with van der Waals surface area (Å²) < 4.78 is 0. The molecule has 0 saturated carbocycles. The highest BCUT2D eigenvalue weighted by molar-refractivity contribution is 5.98. The highest BCUT2D eigenvalue weighted by Gasteiger charge is 2.44. The number of nitrogens with two attached hydrogens (primary N) is 1. The van der Waals surface area contributed by atoms with E-state index in [1.54, 1.807) is 45.2 Å². The summed E-state index contributed by atoms with van der Waals surface area (Å²) >= 11 is 0. The second kappa shape index (κ2) is 12.3. The molecule has 222 valence electrons. The Bertz CT molecular complexity index is 1370. The van der Waals surface area contributed by atoms with E-state index in [-0.39, 0.29) is 36.1 Å². The molecule has 42 heavy (non-hydrogen) atoms. The maximum absolute atomic E-state index is 13.0. The summed E-state index contributed by atoms with van der Waals surface area (Å²) in [6.07, 6.45) is 3.10. The van der Waals surface area contributed by atoms with Gasteiger partial charge in [-0.15, -0.1) is 0 Å². The molecule has 1 heterocycles. The monoisotopic (exact) mass is 571 g/mol. The molecule has 1 aliphatic carbocycles. The molecule has 0 aromatic heterocycles. The van der Waals surface area contributed by atoms with Gasteiger partial charge in [-0.05, 0) is 85.5 Å². The van der Waals surface area contributed by atoms with Gasteiger partial charge >= 0.3 is 0 Å². The molecule has 2 atom stereocenters. The van der Waals surface area contributed by atoms with Gasteiger partial charge in [-0.2, -0.15) is 5.26 Å². The minimum absolute atomic E-state index is 0.0469. The van der Waals surface area contributed by atoms with Gasteiger partial charge < -0.3 is 25.8 Å². The van der Waals surface area contributed by atoms with Crippen LogP contribution in [-0.2, 0) is 23.1 Å². The molecule has 10 heteroatoms. The van der Waals surface area contributed by atoms with Crippen molar-refractivity contribution in [1.29, 1.82) is 10.7 Å². The maximum Gasteiger partial charge on any atom is 0.253 e. The van der Waals surface area contributed by atoms with Gasteiger partial charge in [0.05, 0.1) is 18.0 Å². The minimum atomic E-state index is -1.06. The van der Waals surface area contributed by atoms with Crippen molar-refractivity contribution in [1.82, 2.24) is 20.0 Å². The smallest absolute Gasteiger partial charge is 0.253 e. The number of nitriles is 1. The van der Waals surface area contributed by atoms with Crippen LogP contribution in [0.3, 0.4) is 0 Å². The molecule has 2 aromatic rings. The Labute approximate surface area is 248 Å². The van der Waals surface area contributed by atoms with E-state index in [0.717, 1.165) is 28.7 Å². The Balaban J connectivity index is 1.77. The fourth-order valence-corrected chi connectivity index (χ4v) is 6.34. The Morgan fingerprint density at radius 1 is 1.05 bits per heavy atom. The van der Waals surface area contributed by atoms with Gasteiger partial charge in [0.2, 0.25) is 5.91 Å². The van der Waals surface area contributed by atoms with Crippen molar-refractivity contribution in [3.63, 3.8) is 0 Å². The first kappa shape index (κ1) is 30.7. The first-order valence-electron chi connectivity index (χ1n) is 14.4. The summed E-state index contributed by atoms with van der Waals surface area (Å²) in [4.78, 5) is 43.3. The quantitative estimate of drug-likeness (QED) is 0.327. The van der Waals surface area contributed by atoms with Crippen LogP contribution in [0.4, 0.5) is 0 Å². The van der Waals surface area contributed by atoms with Gasteiger partial charge in [0, 0.05) is 51.9 Å². The number of amides is 3. The van der Waals surface area contributed by atoms with E-state index in [9.17, 15) is 19.6 Å². The number of fused-ring (bicyclic) bond motifs is 2. The zero-order valence-corrected chi connectivity index (χ0v) is 25.2. The standard InChI is InChI=1S/C32H41N7O3/c1-20(36-19-28(40)39-14-6-7-25(39)18-33)17-32(31(34)35)26-12-10-23(29(41)37(2)3)15-21(26)8-9-22-16-24(11-13-27(22)32)30(42)38(4)5/h10-13,15-16,20,25,36H,6-9,14,17,19H2,1-5H3,(H3,34,35)/t20-,25-/m0/s1. The number of carbonyl (C=O) groups excluding carboxylic acids is 3. The third-order valence-corrected chi connectivity index (χ3v) is 8.50. The van der Waals surface area contributed by atoms with Crippen molar-refractivity contribution in [3.05, 3.63) is 69.8 Å². The molecule has 2 aliphatic rings. The fraction of sp³-hybridized carbons (Fsp3) is 0.469. The Hall–Kier alpha value is -4.23. The molecule has 1 saturated heterocycles. The molecule has 0 bridgehead atoms. The molecule has 1 fully saturated rings. The Morgan fingerprint density at radius 3 is 2.02 bits per heavy atom. The van der Waals surface area contributed by atoms with Crippen molar-refractivity contribution >= 4 is 23.6 Å². The topological polar surface area (TPSA) is 147 Å². The second-order valence-electron chi connectivity index (χ2n) is 11.8. The molecular weight excluding hydrogens is 530 g/mol.